The van der Waals surface area contributed by atoms with Crippen LogP contribution in [0.5, 0.6) is 11.5 Å². The van der Waals surface area contributed by atoms with Gasteiger partial charge in [-0.2, -0.15) is 0 Å². The summed E-state index contributed by atoms with van der Waals surface area (Å²) >= 11 is 0. The van der Waals surface area contributed by atoms with Crippen molar-refractivity contribution in [2.75, 3.05) is 11.4 Å². The Balaban J connectivity index is 1.39. The quantitative estimate of drug-likeness (QED) is 0.721. The first-order valence-corrected chi connectivity index (χ1v) is 9.82. The number of carbonyl (C=O) groups is 2. The van der Waals surface area contributed by atoms with Crippen molar-refractivity contribution >= 4 is 17.5 Å². The van der Waals surface area contributed by atoms with Crippen LogP contribution in [0, 0.1) is 5.82 Å². The van der Waals surface area contributed by atoms with Gasteiger partial charge in [-0.15, -0.1) is 0 Å². The van der Waals surface area contributed by atoms with Crippen molar-refractivity contribution in [2.24, 2.45) is 0 Å². The highest BCUT2D eigenvalue weighted by Crippen LogP contribution is 2.44. The molecule has 5 nitrogen and oxygen atoms in total. The molecule has 2 aliphatic heterocycles. The van der Waals surface area contributed by atoms with E-state index in [1.165, 1.54) is 17.0 Å². The zero-order valence-corrected chi connectivity index (χ0v) is 16.0. The van der Waals surface area contributed by atoms with E-state index in [0.717, 1.165) is 11.1 Å². The van der Waals surface area contributed by atoms with E-state index in [0.29, 0.717) is 23.7 Å². The van der Waals surface area contributed by atoms with E-state index in [2.05, 4.69) is 5.32 Å². The van der Waals surface area contributed by atoms with Crippen molar-refractivity contribution in [3.05, 3.63) is 89.7 Å². The lowest BCUT2D eigenvalue weighted by atomic mass is 9.87. The number of halogens is 1. The normalized spacial score (nSPS) is 17.8. The van der Waals surface area contributed by atoms with Crippen molar-refractivity contribution in [1.82, 2.24) is 5.32 Å². The molecule has 0 unspecified atom stereocenters. The molecule has 2 aliphatic rings. The number of hydrogen-bond acceptors (Lipinski definition) is 3. The highest BCUT2D eigenvalue weighted by atomic mass is 19.1. The number of benzene rings is 3. The van der Waals surface area contributed by atoms with Gasteiger partial charge in [-0.3, -0.25) is 9.59 Å². The molecule has 2 amide bonds. The van der Waals surface area contributed by atoms with Gasteiger partial charge in [0.1, 0.15) is 17.3 Å². The highest BCUT2D eigenvalue weighted by Gasteiger charge is 2.36. The van der Waals surface area contributed by atoms with Gasteiger partial charge in [-0.05, 0) is 30.3 Å². The van der Waals surface area contributed by atoms with E-state index in [1.807, 2.05) is 48.5 Å². The molecule has 0 bridgehead atoms. The van der Waals surface area contributed by atoms with Gasteiger partial charge in [-0.25, -0.2) is 4.39 Å². The van der Waals surface area contributed by atoms with Gasteiger partial charge < -0.3 is 15.0 Å². The molecule has 5 rings (SSSR count). The molecular weight excluding hydrogens is 383 g/mol. The lowest BCUT2D eigenvalue weighted by Crippen LogP contribution is -2.40. The van der Waals surface area contributed by atoms with Crippen molar-refractivity contribution in [3.63, 3.8) is 0 Å². The minimum absolute atomic E-state index is 0.140. The second-order valence-electron chi connectivity index (χ2n) is 7.50. The molecule has 150 valence electrons. The molecule has 1 N–H and O–H groups in total. The van der Waals surface area contributed by atoms with Crippen LogP contribution in [0.2, 0.25) is 0 Å². The number of ether oxygens (including phenoxy) is 1. The summed E-state index contributed by atoms with van der Waals surface area (Å²) < 4.78 is 19.5. The number of rotatable bonds is 3. The molecule has 6 heteroatoms. The molecule has 1 fully saturated rings. The SMILES string of the molecule is O=C(N[C@@H]1CC(=O)N(c2cccc(F)c2)C1)C1c2ccccc2Oc2ccccc21. The van der Waals surface area contributed by atoms with Crippen LogP contribution in [0.4, 0.5) is 10.1 Å². The minimum Gasteiger partial charge on any atom is -0.457 e. The van der Waals surface area contributed by atoms with E-state index in [9.17, 15) is 14.0 Å². The maximum atomic E-state index is 13.6. The lowest BCUT2D eigenvalue weighted by molar-refractivity contribution is -0.122. The summed E-state index contributed by atoms with van der Waals surface area (Å²) in [5.74, 6) is 0.0592. The van der Waals surface area contributed by atoms with Gasteiger partial charge in [0.2, 0.25) is 11.8 Å². The van der Waals surface area contributed by atoms with Crippen LogP contribution in [0.15, 0.2) is 72.8 Å². The number of hydrogen-bond donors (Lipinski definition) is 1. The Hall–Kier alpha value is -3.67. The molecule has 1 atom stereocenters. The third kappa shape index (κ3) is 3.20. The second kappa shape index (κ2) is 7.30. The molecule has 0 saturated carbocycles. The Morgan fingerprint density at radius 3 is 2.30 bits per heavy atom. The first-order valence-electron chi connectivity index (χ1n) is 9.82. The highest BCUT2D eigenvalue weighted by molar-refractivity contribution is 5.97. The van der Waals surface area contributed by atoms with Crippen molar-refractivity contribution in [1.29, 1.82) is 0 Å². The molecule has 0 radical (unpaired) electrons. The first-order chi connectivity index (χ1) is 14.6. The number of fused-ring (bicyclic) bond motifs is 2. The fourth-order valence-corrected chi connectivity index (χ4v) is 4.17. The summed E-state index contributed by atoms with van der Waals surface area (Å²) in [4.78, 5) is 27.3. The number of anilines is 1. The number of para-hydroxylation sites is 2. The summed E-state index contributed by atoms with van der Waals surface area (Å²) in [6, 6.07) is 20.5. The maximum Gasteiger partial charge on any atom is 0.232 e. The molecular formula is C24H19FN2O3. The third-order valence-corrected chi connectivity index (χ3v) is 5.53. The summed E-state index contributed by atoms with van der Waals surface area (Å²) in [5.41, 5.74) is 2.08. The Morgan fingerprint density at radius 2 is 1.63 bits per heavy atom. The molecule has 0 aliphatic carbocycles. The van der Waals surface area contributed by atoms with E-state index >= 15 is 0 Å². The van der Waals surface area contributed by atoms with Gasteiger partial charge >= 0.3 is 0 Å². The lowest BCUT2D eigenvalue weighted by Gasteiger charge is -2.28. The number of nitrogens with zero attached hydrogens (tertiary/aromatic N) is 1. The van der Waals surface area contributed by atoms with E-state index in [1.54, 1.807) is 12.1 Å². The van der Waals surface area contributed by atoms with Gasteiger partial charge in [0, 0.05) is 29.8 Å². The smallest absolute Gasteiger partial charge is 0.232 e. The number of carbonyl (C=O) groups excluding carboxylic acids is 2. The van der Waals surface area contributed by atoms with Crippen LogP contribution in [-0.4, -0.2) is 24.4 Å². The van der Waals surface area contributed by atoms with Gasteiger partial charge in [0.15, 0.2) is 0 Å². The molecule has 30 heavy (non-hydrogen) atoms. The molecule has 0 spiro atoms. The minimum atomic E-state index is -0.524. The first kappa shape index (κ1) is 18.4. The van der Waals surface area contributed by atoms with Crippen LogP contribution in [-0.2, 0) is 9.59 Å². The van der Waals surface area contributed by atoms with Gasteiger partial charge in [0.05, 0.1) is 12.0 Å². The molecule has 3 aromatic carbocycles. The number of nitrogens with one attached hydrogen (secondary N) is 1. The van der Waals surface area contributed by atoms with Crippen molar-refractivity contribution < 1.29 is 18.7 Å². The summed E-state index contributed by atoms with van der Waals surface area (Å²) in [7, 11) is 0. The number of amides is 2. The molecule has 3 aromatic rings. The molecule has 2 heterocycles. The molecule has 1 saturated heterocycles. The Labute approximate surface area is 173 Å². The van der Waals surface area contributed by atoms with Crippen LogP contribution in [0.25, 0.3) is 0 Å². The second-order valence-corrected chi connectivity index (χ2v) is 7.50. The van der Waals surface area contributed by atoms with Crippen LogP contribution in [0.1, 0.15) is 23.5 Å². The van der Waals surface area contributed by atoms with Gasteiger partial charge in [0.25, 0.3) is 0 Å². The zero-order valence-electron chi connectivity index (χ0n) is 16.0. The van der Waals surface area contributed by atoms with Crippen molar-refractivity contribution in [3.8, 4) is 11.5 Å². The van der Waals surface area contributed by atoms with E-state index < -0.39 is 11.7 Å². The van der Waals surface area contributed by atoms with Gasteiger partial charge in [-0.1, -0.05) is 42.5 Å². The van der Waals surface area contributed by atoms with Crippen molar-refractivity contribution in [2.45, 2.75) is 18.4 Å². The Morgan fingerprint density at radius 1 is 0.967 bits per heavy atom. The largest absolute Gasteiger partial charge is 0.457 e. The van der Waals surface area contributed by atoms with Crippen LogP contribution < -0.4 is 15.0 Å². The zero-order chi connectivity index (χ0) is 20.7. The summed E-state index contributed by atoms with van der Waals surface area (Å²) in [6.07, 6.45) is 0.175. The van der Waals surface area contributed by atoms with Crippen LogP contribution in [0.3, 0.4) is 0 Å². The van der Waals surface area contributed by atoms with Crippen LogP contribution >= 0.6 is 0 Å². The standard InChI is InChI=1S/C24H19FN2O3/c25-15-6-5-7-17(12-15)27-14-16(13-22(27)28)26-24(29)23-18-8-1-3-10-20(18)30-21-11-4-2-9-19(21)23/h1-12,16,23H,13-14H2,(H,26,29)/t16-/m1/s1. The predicted octanol–water partition coefficient (Wildman–Crippen LogP) is 3.99. The summed E-state index contributed by atoms with van der Waals surface area (Å²) in [5, 5.41) is 3.02. The average molecular weight is 402 g/mol. The van der Waals surface area contributed by atoms with E-state index in [-0.39, 0.29) is 24.3 Å². The third-order valence-electron chi connectivity index (χ3n) is 5.53. The Bertz CT molecular complexity index is 1100. The Kier molecular flexibility index (Phi) is 4.47. The predicted molar refractivity (Wildman–Crippen MR) is 110 cm³/mol. The monoisotopic (exact) mass is 402 g/mol. The molecule has 0 aromatic heterocycles. The average Bonchev–Trinajstić information content (AvgIpc) is 3.11. The summed E-state index contributed by atoms with van der Waals surface area (Å²) in [6.45, 7) is 0.306. The fraction of sp³-hybridized carbons (Fsp3) is 0.167. The fourth-order valence-electron chi connectivity index (χ4n) is 4.17. The topological polar surface area (TPSA) is 58.6 Å². The maximum absolute atomic E-state index is 13.6. The van der Waals surface area contributed by atoms with E-state index in [4.69, 9.17) is 4.74 Å².